The lowest BCUT2D eigenvalue weighted by Gasteiger charge is -2.09. The van der Waals surface area contributed by atoms with Crippen LogP contribution >= 0.6 is 0 Å². The van der Waals surface area contributed by atoms with Gasteiger partial charge in [0.1, 0.15) is 12.1 Å². The van der Waals surface area contributed by atoms with Gasteiger partial charge in [-0.2, -0.15) is 0 Å². The Morgan fingerprint density at radius 1 is 1.24 bits per heavy atom. The number of aromatic nitrogens is 2. The number of unbranched alkanes of at least 4 members (excludes halogenated alkanes) is 2. The van der Waals surface area contributed by atoms with Gasteiger partial charge in [0.15, 0.2) is 0 Å². The van der Waals surface area contributed by atoms with Crippen molar-refractivity contribution in [3.63, 3.8) is 0 Å². The van der Waals surface area contributed by atoms with Crippen molar-refractivity contribution >= 4 is 22.7 Å². The molecule has 2 N–H and O–H groups in total. The summed E-state index contributed by atoms with van der Waals surface area (Å²) in [7, 11) is 0. The zero-order chi connectivity index (χ0) is 15.1. The highest BCUT2D eigenvalue weighted by Crippen LogP contribution is 2.21. The fraction of sp³-hybridized carbons (Fsp3) is 0.438. The first-order valence-corrected chi connectivity index (χ1v) is 7.40. The molecule has 0 amide bonds. The molecule has 112 valence electrons. The number of hydrogen-bond acceptors (Lipinski definition) is 4. The van der Waals surface area contributed by atoms with Crippen LogP contribution in [0, 0.1) is 0 Å². The molecule has 0 aliphatic heterocycles. The third-order valence-electron chi connectivity index (χ3n) is 3.47. The van der Waals surface area contributed by atoms with Gasteiger partial charge in [-0.25, -0.2) is 9.97 Å². The number of nitrogens with one attached hydrogen (secondary N) is 1. The minimum atomic E-state index is -0.725. The Hall–Kier alpha value is -2.17. The third-order valence-corrected chi connectivity index (χ3v) is 3.47. The van der Waals surface area contributed by atoms with E-state index in [-0.39, 0.29) is 6.42 Å². The molecule has 0 aliphatic rings. The molecule has 0 fully saturated rings. The van der Waals surface area contributed by atoms with Gasteiger partial charge in [-0.05, 0) is 37.0 Å². The smallest absolute Gasteiger partial charge is 0.303 e. The van der Waals surface area contributed by atoms with Crippen molar-refractivity contribution in [1.29, 1.82) is 0 Å². The van der Waals surface area contributed by atoms with Gasteiger partial charge in [-0.3, -0.25) is 4.79 Å². The van der Waals surface area contributed by atoms with E-state index in [2.05, 4.69) is 34.3 Å². The van der Waals surface area contributed by atoms with Gasteiger partial charge in [-0.15, -0.1) is 0 Å². The average Bonchev–Trinajstić information content (AvgIpc) is 2.50. The largest absolute Gasteiger partial charge is 0.481 e. The maximum atomic E-state index is 10.4. The number of benzene rings is 1. The van der Waals surface area contributed by atoms with E-state index in [4.69, 9.17) is 5.11 Å². The molecule has 1 aromatic carbocycles. The summed E-state index contributed by atoms with van der Waals surface area (Å²) in [5, 5.41) is 13.0. The van der Waals surface area contributed by atoms with Gasteiger partial charge < -0.3 is 10.4 Å². The minimum absolute atomic E-state index is 0.246. The lowest BCUT2D eigenvalue weighted by atomic mass is 10.1. The zero-order valence-corrected chi connectivity index (χ0v) is 12.3. The van der Waals surface area contributed by atoms with Gasteiger partial charge in [0, 0.05) is 18.4 Å². The van der Waals surface area contributed by atoms with Crippen molar-refractivity contribution in [2.75, 3.05) is 11.9 Å². The SMILES string of the molecule is CCc1ccc2ncnc(NCCCCCC(=O)O)c2c1. The van der Waals surface area contributed by atoms with Gasteiger partial charge in [0.2, 0.25) is 0 Å². The van der Waals surface area contributed by atoms with Crippen LogP contribution in [0.15, 0.2) is 24.5 Å². The first-order valence-electron chi connectivity index (χ1n) is 7.40. The zero-order valence-electron chi connectivity index (χ0n) is 12.3. The Morgan fingerprint density at radius 2 is 2.10 bits per heavy atom. The van der Waals surface area contributed by atoms with Crippen molar-refractivity contribution in [1.82, 2.24) is 9.97 Å². The number of aryl methyl sites for hydroxylation is 1. The molecule has 5 nitrogen and oxygen atoms in total. The molecule has 0 atom stereocenters. The quantitative estimate of drug-likeness (QED) is 0.729. The Balaban J connectivity index is 1.93. The van der Waals surface area contributed by atoms with Crippen molar-refractivity contribution in [3.8, 4) is 0 Å². The number of carboxylic acid groups (broad SMARTS) is 1. The highest BCUT2D eigenvalue weighted by molar-refractivity contribution is 5.89. The standard InChI is InChI=1S/C16H21N3O2/c1-2-12-7-8-14-13(10-12)16(19-11-18-14)17-9-5-3-4-6-15(20)21/h7-8,10-11H,2-6,9H2,1H3,(H,20,21)(H,17,18,19). The molecule has 0 saturated carbocycles. The van der Waals surface area contributed by atoms with Crippen LogP contribution in [0.4, 0.5) is 5.82 Å². The Morgan fingerprint density at radius 3 is 2.86 bits per heavy atom. The molecule has 0 bridgehead atoms. The summed E-state index contributed by atoms with van der Waals surface area (Å²) in [6, 6.07) is 6.24. The fourth-order valence-corrected chi connectivity index (χ4v) is 2.25. The maximum Gasteiger partial charge on any atom is 0.303 e. The molecule has 0 spiro atoms. The van der Waals surface area contributed by atoms with Crippen LogP contribution in [0.3, 0.4) is 0 Å². The molecular weight excluding hydrogens is 266 g/mol. The molecule has 5 heteroatoms. The average molecular weight is 287 g/mol. The second kappa shape index (κ2) is 7.57. The van der Waals surface area contributed by atoms with Crippen LogP contribution in [-0.4, -0.2) is 27.6 Å². The topological polar surface area (TPSA) is 75.1 Å². The van der Waals surface area contributed by atoms with E-state index in [9.17, 15) is 4.79 Å². The summed E-state index contributed by atoms with van der Waals surface area (Å²) < 4.78 is 0. The van der Waals surface area contributed by atoms with E-state index >= 15 is 0 Å². The van der Waals surface area contributed by atoms with Crippen molar-refractivity contribution in [2.45, 2.75) is 39.0 Å². The second-order valence-electron chi connectivity index (χ2n) is 5.06. The molecule has 1 heterocycles. The van der Waals surface area contributed by atoms with Gasteiger partial charge in [0.05, 0.1) is 5.52 Å². The molecule has 2 rings (SSSR count). The van der Waals surface area contributed by atoms with Crippen molar-refractivity contribution in [3.05, 3.63) is 30.1 Å². The highest BCUT2D eigenvalue weighted by Gasteiger charge is 2.04. The van der Waals surface area contributed by atoms with Crippen LogP contribution in [0.25, 0.3) is 10.9 Å². The van der Waals surface area contributed by atoms with E-state index in [1.165, 1.54) is 5.56 Å². The van der Waals surface area contributed by atoms with E-state index < -0.39 is 5.97 Å². The third kappa shape index (κ3) is 4.41. The van der Waals surface area contributed by atoms with Crippen LogP contribution < -0.4 is 5.32 Å². The van der Waals surface area contributed by atoms with Gasteiger partial charge >= 0.3 is 5.97 Å². The van der Waals surface area contributed by atoms with Crippen LogP contribution in [0.5, 0.6) is 0 Å². The molecule has 2 aromatic rings. The number of carboxylic acids is 1. The Bertz CT molecular complexity index is 613. The first kappa shape index (κ1) is 15.2. The van der Waals surface area contributed by atoms with Crippen LogP contribution in [-0.2, 0) is 11.2 Å². The van der Waals surface area contributed by atoms with E-state index in [1.807, 2.05) is 6.07 Å². The predicted octanol–water partition coefficient (Wildman–Crippen LogP) is 3.25. The predicted molar refractivity (Wildman–Crippen MR) is 83.5 cm³/mol. The number of hydrogen-bond donors (Lipinski definition) is 2. The van der Waals surface area contributed by atoms with Gasteiger partial charge in [-0.1, -0.05) is 19.4 Å². The van der Waals surface area contributed by atoms with Crippen molar-refractivity contribution < 1.29 is 9.90 Å². The van der Waals surface area contributed by atoms with Crippen molar-refractivity contribution in [2.24, 2.45) is 0 Å². The highest BCUT2D eigenvalue weighted by atomic mass is 16.4. The summed E-state index contributed by atoms with van der Waals surface area (Å²) in [6.07, 6.45) is 5.37. The Kier molecular flexibility index (Phi) is 5.49. The molecule has 21 heavy (non-hydrogen) atoms. The number of carbonyl (C=O) groups is 1. The second-order valence-corrected chi connectivity index (χ2v) is 5.06. The minimum Gasteiger partial charge on any atom is -0.481 e. The summed E-state index contributed by atoms with van der Waals surface area (Å²) in [6.45, 7) is 2.92. The number of anilines is 1. The van der Waals surface area contributed by atoms with E-state index in [1.54, 1.807) is 6.33 Å². The molecule has 0 aliphatic carbocycles. The summed E-state index contributed by atoms with van der Waals surface area (Å²) in [4.78, 5) is 19.0. The summed E-state index contributed by atoms with van der Waals surface area (Å²) in [5.74, 6) is 0.130. The number of nitrogens with zero attached hydrogens (tertiary/aromatic N) is 2. The fourth-order valence-electron chi connectivity index (χ4n) is 2.25. The number of fused-ring (bicyclic) bond motifs is 1. The van der Waals surface area contributed by atoms with E-state index in [0.717, 1.165) is 48.9 Å². The van der Waals surface area contributed by atoms with Crippen LogP contribution in [0.2, 0.25) is 0 Å². The maximum absolute atomic E-state index is 10.4. The lowest BCUT2D eigenvalue weighted by molar-refractivity contribution is -0.137. The first-order chi connectivity index (χ1) is 10.2. The van der Waals surface area contributed by atoms with Gasteiger partial charge in [0.25, 0.3) is 0 Å². The summed E-state index contributed by atoms with van der Waals surface area (Å²) in [5.41, 5.74) is 2.21. The normalized spacial score (nSPS) is 10.7. The summed E-state index contributed by atoms with van der Waals surface area (Å²) >= 11 is 0. The molecule has 1 aromatic heterocycles. The molecule has 0 radical (unpaired) electrons. The lowest BCUT2D eigenvalue weighted by Crippen LogP contribution is -2.05. The number of aliphatic carboxylic acids is 1. The van der Waals surface area contributed by atoms with Crippen LogP contribution in [0.1, 0.15) is 38.2 Å². The molecule has 0 unspecified atom stereocenters. The van der Waals surface area contributed by atoms with E-state index in [0.29, 0.717) is 0 Å². The molecular formula is C16H21N3O2. The monoisotopic (exact) mass is 287 g/mol. The number of rotatable bonds is 8. The molecule has 0 saturated heterocycles. The Labute approximate surface area is 124 Å².